The number of amides is 2. The van der Waals surface area contributed by atoms with Crippen molar-refractivity contribution in [3.63, 3.8) is 0 Å². The smallest absolute Gasteiger partial charge is 0.343 e. The van der Waals surface area contributed by atoms with E-state index in [0.29, 0.717) is 6.07 Å². The van der Waals surface area contributed by atoms with Crippen molar-refractivity contribution in [1.29, 1.82) is 0 Å². The van der Waals surface area contributed by atoms with Crippen LogP contribution >= 0.6 is 11.8 Å². The van der Waals surface area contributed by atoms with Gasteiger partial charge in [-0.1, -0.05) is 0 Å². The van der Waals surface area contributed by atoms with Crippen LogP contribution in [0.15, 0.2) is 41.3 Å². The number of nitrogens with one attached hydrogen (secondary N) is 2. The Labute approximate surface area is 152 Å². The average molecular weight is 408 g/mol. The number of anilines is 1. The van der Waals surface area contributed by atoms with Gasteiger partial charge in [-0.2, -0.15) is 13.2 Å². The molecular weight excluding hydrogens is 398 g/mol. The Bertz CT molecular complexity index is 855. The van der Waals surface area contributed by atoms with Gasteiger partial charge in [-0.25, -0.2) is 13.2 Å². The van der Waals surface area contributed by atoms with Crippen LogP contribution in [0.25, 0.3) is 0 Å². The molecule has 2 N–H and O–H groups in total. The van der Waals surface area contributed by atoms with Gasteiger partial charge in [0, 0.05) is 10.5 Å². The molecule has 0 heterocycles. The van der Waals surface area contributed by atoms with E-state index in [9.17, 15) is 35.9 Å². The molecule has 0 aromatic heterocycles. The first-order valence-corrected chi connectivity index (χ1v) is 7.96. The Balaban J connectivity index is 1.91. The lowest BCUT2D eigenvalue weighted by molar-refractivity contribution is -0.115. The van der Waals surface area contributed by atoms with Gasteiger partial charge in [0.05, 0.1) is 12.2 Å². The number of thioether (sulfide) groups is 1. The summed E-state index contributed by atoms with van der Waals surface area (Å²) in [7, 11) is 0. The van der Waals surface area contributed by atoms with Gasteiger partial charge in [-0.15, -0.1) is 0 Å². The molecule has 0 spiro atoms. The summed E-state index contributed by atoms with van der Waals surface area (Å²) >= 11 is -0.345. The first-order chi connectivity index (χ1) is 12.6. The fraction of sp³-hybridized carbons (Fsp3) is 0.125. The average Bonchev–Trinajstić information content (AvgIpc) is 2.59. The molecule has 0 atom stereocenters. The van der Waals surface area contributed by atoms with Crippen molar-refractivity contribution in [2.75, 3.05) is 11.9 Å². The van der Waals surface area contributed by atoms with Gasteiger partial charge in [0.1, 0.15) is 0 Å². The highest BCUT2D eigenvalue weighted by atomic mass is 32.2. The second kappa shape index (κ2) is 8.33. The third kappa shape index (κ3) is 5.91. The van der Waals surface area contributed by atoms with E-state index < -0.39 is 47.0 Å². The van der Waals surface area contributed by atoms with Crippen LogP contribution in [0.1, 0.15) is 10.4 Å². The van der Waals surface area contributed by atoms with Crippen molar-refractivity contribution in [1.82, 2.24) is 5.32 Å². The minimum absolute atomic E-state index is 0.00617. The molecular formula is C16H10F6N2O2S. The SMILES string of the molecule is O=C(CNC(=O)c1ccc(SC(F)(F)F)cc1)Nc1ccc(F)c(F)c1F. The van der Waals surface area contributed by atoms with Crippen LogP contribution in [-0.4, -0.2) is 23.9 Å². The van der Waals surface area contributed by atoms with Crippen LogP contribution in [0, 0.1) is 17.5 Å². The largest absolute Gasteiger partial charge is 0.446 e. The number of alkyl halides is 3. The predicted octanol–water partition coefficient (Wildman–Crippen LogP) is 4.08. The summed E-state index contributed by atoms with van der Waals surface area (Å²) in [5, 5.41) is 4.12. The fourth-order valence-corrected chi connectivity index (χ4v) is 2.43. The van der Waals surface area contributed by atoms with Crippen molar-refractivity contribution >= 4 is 29.3 Å². The van der Waals surface area contributed by atoms with Gasteiger partial charge in [-0.05, 0) is 48.2 Å². The minimum atomic E-state index is -4.46. The van der Waals surface area contributed by atoms with E-state index >= 15 is 0 Å². The van der Waals surface area contributed by atoms with Crippen LogP contribution < -0.4 is 10.6 Å². The van der Waals surface area contributed by atoms with E-state index in [1.54, 1.807) is 0 Å². The normalized spacial score (nSPS) is 11.2. The summed E-state index contributed by atoms with van der Waals surface area (Å²) in [6.07, 6.45) is 0. The van der Waals surface area contributed by atoms with E-state index in [0.717, 1.165) is 30.3 Å². The van der Waals surface area contributed by atoms with Gasteiger partial charge in [0.2, 0.25) is 5.91 Å². The fourth-order valence-electron chi connectivity index (χ4n) is 1.89. The number of benzene rings is 2. The van der Waals surface area contributed by atoms with Crippen molar-refractivity contribution in [3.05, 3.63) is 59.4 Å². The van der Waals surface area contributed by atoms with E-state index in [1.807, 2.05) is 5.32 Å². The minimum Gasteiger partial charge on any atom is -0.343 e. The summed E-state index contributed by atoms with van der Waals surface area (Å²) in [6.45, 7) is -0.629. The topological polar surface area (TPSA) is 58.2 Å². The van der Waals surface area contributed by atoms with Crippen molar-refractivity contribution in [2.45, 2.75) is 10.4 Å². The van der Waals surface area contributed by atoms with Crippen molar-refractivity contribution in [2.24, 2.45) is 0 Å². The molecule has 0 bridgehead atoms. The molecule has 11 heteroatoms. The number of hydrogen-bond acceptors (Lipinski definition) is 3. The lowest BCUT2D eigenvalue weighted by Gasteiger charge is -2.09. The first-order valence-electron chi connectivity index (χ1n) is 7.14. The summed E-state index contributed by atoms with van der Waals surface area (Å²) in [5.41, 5.74) is -5.08. The molecule has 0 radical (unpaired) electrons. The van der Waals surface area contributed by atoms with E-state index in [1.165, 1.54) is 0 Å². The van der Waals surface area contributed by atoms with Crippen LogP contribution in [0.3, 0.4) is 0 Å². The van der Waals surface area contributed by atoms with E-state index in [2.05, 4.69) is 5.32 Å². The molecule has 144 valence electrons. The molecule has 0 aliphatic carbocycles. The summed E-state index contributed by atoms with van der Waals surface area (Å²) in [4.78, 5) is 23.4. The second-order valence-electron chi connectivity index (χ2n) is 5.03. The molecule has 0 aliphatic heterocycles. The van der Waals surface area contributed by atoms with Gasteiger partial charge in [0.25, 0.3) is 5.91 Å². The number of halogens is 6. The molecule has 4 nitrogen and oxygen atoms in total. The molecule has 27 heavy (non-hydrogen) atoms. The molecule has 0 unspecified atom stereocenters. The maximum absolute atomic E-state index is 13.4. The quantitative estimate of drug-likeness (QED) is 0.445. The molecule has 2 rings (SSSR count). The highest BCUT2D eigenvalue weighted by molar-refractivity contribution is 8.00. The second-order valence-corrected chi connectivity index (χ2v) is 6.16. The van der Waals surface area contributed by atoms with Crippen LogP contribution in [-0.2, 0) is 4.79 Å². The Morgan fingerprint density at radius 1 is 0.926 bits per heavy atom. The number of hydrogen-bond donors (Lipinski definition) is 2. The van der Waals surface area contributed by atoms with Crippen molar-refractivity contribution < 1.29 is 35.9 Å². The monoisotopic (exact) mass is 408 g/mol. The molecule has 0 aliphatic rings. The highest BCUT2D eigenvalue weighted by Crippen LogP contribution is 2.36. The standard InChI is InChI=1S/C16H10F6N2O2S/c17-10-5-6-11(14(19)13(10)18)24-12(25)7-23-15(26)8-1-3-9(4-2-8)27-16(20,21)22/h1-6H,7H2,(H,23,26)(H,24,25). The van der Waals surface area contributed by atoms with Crippen LogP contribution in [0.5, 0.6) is 0 Å². The molecule has 2 amide bonds. The van der Waals surface area contributed by atoms with E-state index in [-0.39, 0.29) is 22.2 Å². The lowest BCUT2D eigenvalue weighted by Crippen LogP contribution is -2.33. The zero-order valence-corrected chi connectivity index (χ0v) is 14.0. The first kappa shape index (κ1) is 20.6. The molecule has 2 aromatic rings. The Morgan fingerprint density at radius 3 is 2.15 bits per heavy atom. The summed E-state index contributed by atoms with van der Waals surface area (Å²) in [6, 6.07) is 5.87. The molecule has 0 saturated heterocycles. The molecule has 0 fully saturated rings. The van der Waals surface area contributed by atoms with Gasteiger partial charge >= 0.3 is 5.51 Å². The molecule has 0 saturated carbocycles. The van der Waals surface area contributed by atoms with Crippen molar-refractivity contribution in [3.8, 4) is 0 Å². The summed E-state index contributed by atoms with van der Waals surface area (Å²) in [5.74, 6) is -6.45. The van der Waals surface area contributed by atoms with Crippen LogP contribution in [0.4, 0.5) is 32.0 Å². The number of carbonyl (C=O) groups excluding carboxylic acids is 2. The van der Waals surface area contributed by atoms with Gasteiger partial charge < -0.3 is 10.6 Å². The third-order valence-electron chi connectivity index (χ3n) is 3.07. The summed E-state index contributed by atoms with van der Waals surface area (Å²) < 4.78 is 76.0. The highest BCUT2D eigenvalue weighted by Gasteiger charge is 2.29. The zero-order valence-electron chi connectivity index (χ0n) is 13.2. The number of rotatable bonds is 5. The third-order valence-corrected chi connectivity index (χ3v) is 3.81. The van der Waals surface area contributed by atoms with Crippen LogP contribution in [0.2, 0.25) is 0 Å². The maximum Gasteiger partial charge on any atom is 0.446 e. The molecule has 2 aromatic carbocycles. The maximum atomic E-state index is 13.4. The van der Waals surface area contributed by atoms with Gasteiger partial charge in [0.15, 0.2) is 17.5 Å². The zero-order chi connectivity index (χ0) is 20.2. The Kier molecular flexibility index (Phi) is 6.37. The predicted molar refractivity (Wildman–Crippen MR) is 85.6 cm³/mol. The number of carbonyl (C=O) groups is 2. The lowest BCUT2D eigenvalue weighted by atomic mass is 10.2. The Morgan fingerprint density at radius 2 is 1.56 bits per heavy atom. The van der Waals surface area contributed by atoms with E-state index in [4.69, 9.17) is 0 Å². The van der Waals surface area contributed by atoms with Gasteiger partial charge in [-0.3, -0.25) is 9.59 Å². The Hall–Kier alpha value is -2.69.